The Bertz CT molecular complexity index is 75.4. The van der Waals surface area contributed by atoms with Gasteiger partial charge in [0.15, 0.2) is 0 Å². The van der Waals surface area contributed by atoms with Crippen LogP contribution in [0.2, 0.25) is 0 Å². The number of hydrogen-bond acceptors (Lipinski definition) is 5. The number of carboxylic acids is 1. The Morgan fingerprint density at radius 3 is 1.78 bits per heavy atom. The predicted molar refractivity (Wildman–Crippen MR) is 24.3 cm³/mol. The molecule has 7 heteroatoms. The summed E-state index contributed by atoms with van der Waals surface area (Å²) < 4.78 is 16.9. The molecule has 0 saturated carbocycles. The fourth-order valence-corrected chi connectivity index (χ4v) is 0. The van der Waals surface area contributed by atoms with Crippen molar-refractivity contribution in [2.24, 2.45) is 0 Å². The van der Waals surface area contributed by atoms with Gasteiger partial charge in [0.05, 0.1) is 12.6 Å². The van der Waals surface area contributed by atoms with E-state index in [4.69, 9.17) is 23.0 Å². The third kappa shape index (κ3) is 47.3. The number of hydrogen-bond donors (Lipinski definition) is 1. The molecular formula is C2H3AlBaO5. The molecule has 0 bridgehead atoms. The first-order valence-corrected chi connectivity index (χ1v) is 2.49. The molecule has 0 aliphatic heterocycles. The van der Waals surface area contributed by atoms with Crippen molar-refractivity contribution in [3.05, 3.63) is 0 Å². The number of carboxylic acid groups (broad SMARTS) is 1. The van der Waals surface area contributed by atoms with Crippen LogP contribution in [0.1, 0.15) is 0 Å². The van der Waals surface area contributed by atoms with Crippen LogP contribution in [0.4, 0.5) is 0 Å². The summed E-state index contributed by atoms with van der Waals surface area (Å²) in [6, 6.07) is 0. The van der Waals surface area contributed by atoms with Gasteiger partial charge in [-0.3, -0.25) is 0 Å². The van der Waals surface area contributed by atoms with Gasteiger partial charge in [-0.1, -0.05) is 0 Å². The molecule has 0 rings (SSSR count). The molecule has 9 heavy (non-hydrogen) atoms. The van der Waals surface area contributed by atoms with Gasteiger partial charge in [0.2, 0.25) is 0 Å². The van der Waals surface area contributed by atoms with E-state index in [0.29, 0.717) is 0 Å². The number of carbonyl (C=O) groups is 1. The molecule has 0 spiro atoms. The maximum atomic E-state index is 9.01. The summed E-state index contributed by atoms with van der Waals surface area (Å²) in [5.41, 5.74) is 0. The van der Waals surface area contributed by atoms with Crippen molar-refractivity contribution >= 4 is 70.3 Å². The summed E-state index contributed by atoms with van der Waals surface area (Å²) >= 11 is -1.75. The molecular weight excluding hydrogens is 268 g/mol. The standard InChI is InChI=1S/C2H4O3.Al.Ba.2O/c3-1-2(4)5;;;;/h3H,1H2,(H,4,5);;;;/q;;+2;;-1/p-1. The van der Waals surface area contributed by atoms with Gasteiger partial charge in [0, 0.05) is 0 Å². The molecule has 0 radical (unpaired) electrons. The number of carbonyl (C=O) groups excluding carboxylic acids is 1. The van der Waals surface area contributed by atoms with Crippen LogP contribution in [-0.4, -0.2) is 82.1 Å². The topological polar surface area (TPSA) is 100 Å². The summed E-state index contributed by atoms with van der Waals surface area (Å²) in [4.78, 5) is 9.01. The van der Waals surface area contributed by atoms with Gasteiger partial charge in [-0.2, -0.15) is 0 Å². The number of aliphatic hydroxyl groups excluding tert-OH is 1. The molecule has 0 unspecified atom stereocenters. The molecule has 0 amide bonds. The van der Waals surface area contributed by atoms with Crippen LogP contribution >= 0.6 is 0 Å². The zero-order valence-corrected chi connectivity index (χ0v) is 10.2. The Kier molecular flexibility index (Phi) is 29.6. The fourth-order valence-electron chi connectivity index (χ4n) is 0. The van der Waals surface area contributed by atoms with E-state index in [1.165, 1.54) is 0 Å². The van der Waals surface area contributed by atoms with Gasteiger partial charge in [-0.25, -0.2) is 0 Å². The van der Waals surface area contributed by atoms with E-state index < -0.39 is 28.1 Å². The van der Waals surface area contributed by atoms with Crippen LogP contribution < -0.4 is 9.26 Å². The summed E-state index contributed by atoms with van der Waals surface area (Å²) in [6.07, 6.45) is 0. The summed E-state index contributed by atoms with van der Waals surface area (Å²) in [5, 5.41) is 16.5. The monoisotopic (exact) mass is 272 g/mol. The summed E-state index contributed by atoms with van der Waals surface area (Å²) in [6.45, 7) is -0.889. The molecule has 46 valence electrons. The van der Waals surface area contributed by atoms with Crippen molar-refractivity contribution < 1.29 is 23.0 Å². The predicted octanol–water partition coefficient (Wildman–Crippen LogP) is -4.34. The Morgan fingerprint density at radius 2 is 1.78 bits per heavy atom. The van der Waals surface area contributed by atoms with E-state index in [-0.39, 0.29) is 48.9 Å². The first kappa shape index (κ1) is 16.6. The van der Waals surface area contributed by atoms with Crippen LogP contribution in [-0.2, 0) is 8.60 Å². The van der Waals surface area contributed by atoms with E-state index in [1.54, 1.807) is 0 Å². The van der Waals surface area contributed by atoms with Crippen molar-refractivity contribution in [2.45, 2.75) is 0 Å². The molecule has 0 aromatic heterocycles. The number of aliphatic carboxylic acids is 1. The normalized spacial score (nSPS) is 5.00. The van der Waals surface area contributed by atoms with Crippen molar-refractivity contribution in [2.75, 3.05) is 6.61 Å². The third-order valence-corrected chi connectivity index (χ3v) is 0.129. The number of rotatable bonds is 1. The Balaban J connectivity index is -0.0000000800. The van der Waals surface area contributed by atoms with E-state index in [0.717, 1.165) is 0 Å². The van der Waals surface area contributed by atoms with Crippen molar-refractivity contribution in [3.63, 3.8) is 0 Å². The molecule has 0 aromatic carbocycles. The molecule has 0 aliphatic carbocycles. The van der Waals surface area contributed by atoms with Crippen LogP contribution in [0.3, 0.4) is 0 Å². The van der Waals surface area contributed by atoms with E-state index in [9.17, 15) is 0 Å². The van der Waals surface area contributed by atoms with Crippen LogP contribution in [0.15, 0.2) is 0 Å². The molecule has 0 aromatic rings. The summed E-state index contributed by atoms with van der Waals surface area (Å²) in [7, 11) is 0. The van der Waals surface area contributed by atoms with Crippen LogP contribution in [0.5, 0.6) is 0 Å². The van der Waals surface area contributed by atoms with Crippen molar-refractivity contribution in [3.8, 4) is 0 Å². The van der Waals surface area contributed by atoms with Gasteiger partial charge < -0.3 is 15.0 Å². The molecule has 1 N–H and O–H groups in total. The molecule has 0 atom stereocenters. The fraction of sp³-hybridized carbons (Fsp3) is 0.500. The van der Waals surface area contributed by atoms with E-state index in [2.05, 4.69) is 0 Å². The molecule has 5 nitrogen and oxygen atoms in total. The van der Waals surface area contributed by atoms with Gasteiger partial charge in [0.1, 0.15) is 0 Å². The van der Waals surface area contributed by atoms with Crippen LogP contribution in [0, 0.1) is 0 Å². The Morgan fingerprint density at radius 1 is 1.67 bits per heavy atom. The first-order chi connectivity index (χ1) is 3.68. The van der Waals surface area contributed by atoms with Crippen molar-refractivity contribution in [1.82, 2.24) is 0 Å². The minimum absolute atomic E-state index is 0. The first-order valence-electron chi connectivity index (χ1n) is 1.55. The average molecular weight is 271 g/mol. The molecule has 0 aliphatic rings. The quantitative estimate of drug-likeness (QED) is 0.486. The molecule has 0 saturated heterocycles. The SMILES string of the molecule is O=C([O-])CO.[Ba+2].[O]=[Al][O-]. The second kappa shape index (κ2) is 16.1. The molecule has 0 heterocycles. The second-order valence-corrected chi connectivity index (χ2v) is 0.819. The second-order valence-electron chi connectivity index (χ2n) is 0.626. The zero-order chi connectivity index (χ0) is 6.99. The van der Waals surface area contributed by atoms with Crippen LogP contribution in [0.25, 0.3) is 0 Å². The minimum atomic E-state index is -1.75. The van der Waals surface area contributed by atoms with Gasteiger partial charge >= 0.3 is 72.3 Å². The Hall–Kier alpha value is 1.13. The average Bonchev–Trinajstić information content (AvgIpc) is 1.69. The zero-order valence-electron chi connectivity index (χ0n) is 4.57. The van der Waals surface area contributed by atoms with Gasteiger partial charge in [0.25, 0.3) is 0 Å². The third-order valence-electron chi connectivity index (χ3n) is 0.129. The molecule has 0 fully saturated rings. The van der Waals surface area contributed by atoms with Crippen molar-refractivity contribution in [1.29, 1.82) is 0 Å². The van der Waals surface area contributed by atoms with Gasteiger partial charge in [-0.15, -0.1) is 0 Å². The number of aliphatic hydroxyl groups is 1. The van der Waals surface area contributed by atoms with E-state index >= 15 is 0 Å². The Labute approximate surface area is 98.4 Å². The van der Waals surface area contributed by atoms with Gasteiger partial charge in [-0.05, 0) is 0 Å². The maximum absolute atomic E-state index is 9.01. The summed E-state index contributed by atoms with van der Waals surface area (Å²) in [5.74, 6) is -1.44. The van der Waals surface area contributed by atoms with E-state index in [1.807, 2.05) is 0 Å².